The summed E-state index contributed by atoms with van der Waals surface area (Å²) in [6, 6.07) is 6.46. The van der Waals surface area contributed by atoms with E-state index in [1.54, 1.807) is 18.2 Å². The molecule has 2 heterocycles. The van der Waals surface area contributed by atoms with Crippen LogP contribution in [-0.2, 0) is 4.79 Å². The van der Waals surface area contributed by atoms with E-state index in [2.05, 4.69) is 9.89 Å². The second-order valence-electron chi connectivity index (χ2n) is 5.29. The van der Waals surface area contributed by atoms with Crippen LogP contribution in [0, 0.1) is 0 Å². The van der Waals surface area contributed by atoms with E-state index in [0.29, 0.717) is 4.91 Å². The zero-order chi connectivity index (χ0) is 15.5. The number of hydrogen-bond donors (Lipinski definition) is 1. The van der Waals surface area contributed by atoms with Crippen LogP contribution in [0.15, 0.2) is 34.2 Å². The smallest absolute Gasteiger partial charge is 0.335 e. The zero-order valence-electron chi connectivity index (χ0n) is 12.0. The SMILES string of the molecule is O=C1N=C(N2CCCCC2)SC1=Cc1ccc(C(=O)O)cc1. The number of amides is 1. The van der Waals surface area contributed by atoms with E-state index in [1.807, 2.05) is 0 Å². The Bertz CT molecular complexity index is 658. The van der Waals surface area contributed by atoms with E-state index in [0.717, 1.165) is 36.7 Å². The maximum Gasteiger partial charge on any atom is 0.335 e. The minimum Gasteiger partial charge on any atom is -0.478 e. The predicted octanol–water partition coefficient (Wildman–Crippen LogP) is 2.84. The summed E-state index contributed by atoms with van der Waals surface area (Å²) in [6.07, 6.45) is 5.28. The Morgan fingerprint density at radius 1 is 1.18 bits per heavy atom. The number of carboxylic acids is 1. The number of nitrogens with zero attached hydrogens (tertiary/aromatic N) is 2. The van der Waals surface area contributed by atoms with Crippen molar-refractivity contribution in [2.45, 2.75) is 19.3 Å². The minimum atomic E-state index is -0.957. The van der Waals surface area contributed by atoms with Crippen LogP contribution in [0.25, 0.3) is 6.08 Å². The topological polar surface area (TPSA) is 70.0 Å². The second kappa shape index (κ2) is 6.36. The van der Waals surface area contributed by atoms with Gasteiger partial charge in [0.15, 0.2) is 5.17 Å². The van der Waals surface area contributed by atoms with Crippen molar-refractivity contribution in [2.75, 3.05) is 13.1 Å². The number of rotatable bonds is 2. The van der Waals surface area contributed by atoms with Crippen LogP contribution >= 0.6 is 11.8 Å². The molecule has 1 saturated heterocycles. The lowest BCUT2D eigenvalue weighted by Crippen LogP contribution is -2.33. The average Bonchev–Trinajstić information content (AvgIpc) is 2.90. The van der Waals surface area contributed by atoms with Gasteiger partial charge in [-0.3, -0.25) is 4.79 Å². The largest absolute Gasteiger partial charge is 0.478 e. The minimum absolute atomic E-state index is 0.215. The van der Waals surface area contributed by atoms with E-state index in [1.165, 1.54) is 30.3 Å². The zero-order valence-corrected chi connectivity index (χ0v) is 12.8. The molecule has 0 aliphatic carbocycles. The number of carbonyl (C=O) groups is 2. The third-order valence-corrected chi connectivity index (χ3v) is 4.74. The molecule has 1 aromatic rings. The van der Waals surface area contributed by atoms with Gasteiger partial charge in [-0.2, -0.15) is 4.99 Å². The van der Waals surface area contributed by atoms with Crippen molar-refractivity contribution in [1.82, 2.24) is 4.90 Å². The summed E-state index contributed by atoms with van der Waals surface area (Å²) in [6.45, 7) is 1.92. The monoisotopic (exact) mass is 316 g/mol. The number of likely N-dealkylation sites (tertiary alicyclic amines) is 1. The summed E-state index contributed by atoms with van der Waals surface area (Å²) in [4.78, 5) is 29.7. The van der Waals surface area contributed by atoms with Crippen LogP contribution < -0.4 is 0 Å². The second-order valence-corrected chi connectivity index (χ2v) is 6.29. The highest BCUT2D eigenvalue weighted by Gasteiger charge is 2.26. The summed E-state index contributed by atoms with van der Waals surface area (Å²) in [7, 11) is 0. The molecule has 1 N–H and O–H groups in total. The van der Waals surface area contributed by atoms with Gasteiger partial charge in [0.2, 0.25) is 0 Å². The van der Waals surface area contributed by atoms with E-state index < -0.39 is 5.97 Å². The molecule has 0 spiro atoms. The maximum absolute atomic E-state index is 12.0. The Hall–Kier alpha value is -2.08. The third-order valence-electron chi connectivity index (χ3n) is 3.69. The van der Waals surface area contributed by atoms with Crippen LogP contribution in [-0.4, -0.2) is 40.1 Å². The van der Waals surface area contributed by atoms with Gasteiger partial charge in [0, 0.05) is 13.1 Å². The Morgan fingerprint density at radius 2 is 1.86 bits per heavy atom. The lowest BCUT2D eigenvalue weighted by Gasteiger charge is -2.27. The molecule has 2 aliphatic heterocycles. The average molecular weight is 316 g/mol. The van der Waals surface area contributed by atoms with Crippen molar-refractivity contribution >= 4 is 34.9 Å². The van der Waals surface area contributed by atoms with Gasteiger partial charge in [-0.15, -0.1) is 0 Å². The van der Waals surface area contributed by atoms with Crippen molar-refractivity contribution in [3.63, 3.8) is 0 Å². The van der Waals surface area contributed by atoms with Crippen molar-refractivity contribution in [3.05, 3.63) is 40.3 Å². The Balaban J connectivity index is 1.73. The highest BCUT2D eigenvalue weighted by molar-refractivity contribution is 8.18. The first-order chi connectivity index (χ1) is 10.6. The predicted molar refractivity (Wildman–Crippen MR) is 86.8 cm³/mol. The maximum atomic E-state index is 12.0. The molecule has 0 atom stereocenters. The molecule has 1 amide bonds. The van der Waals surface area contributed by atoms with Gasteiger partial charge in [-0.05, 0) is 54.8 Å². The fourth-order valence-electron chi connectivity index (χ4n) is 2.49. The van der Waals surface area contributed by atoms with Crippen molar-refractivity contribution < 1.29 is 14.7 Å². The molecule has 22 heavy (non-hydrogen) atoms. The van der Waals surface area contributed by atoms with Gasteiger partial charge in [-0.25, -0.2) is 4.79 Å². The Labute approximate surface area is 132 Å². The molecule has 0 saturated carbocycles. The van der Waals surface area contributed by atoms with Gasteiger partial charge < -0.3 is 10.0 Å². The lowest BCUT2D eigenvalue weighted by molar-refractivity contribution is -0.113. The number of hydrogen-bond acceptors (Lipinski definition) is 4. The normalized spacial score (nSPS) is 20.4. The summed E-state index contributed by atoms with van der Waals surface area (Å²) in [5.41, 5.74) is 1.04. The molecule has 114 valence electrons. The molecular weight excluding hydrogens is 300 g/mol. The highest BCUT2D eigenvalue weighted by Crippen LogP contribution is 2.31. The fraction of sp³-hybridized carbons (Fsp3) is 0.312. The first-order valence-electron chi connectivity index (χ1n) is 7.24. The first kappa shape index (κ1) is 14.8. The van der Waals surface area contributed by atoms with Crippen molar-refractivity contribution in [1.29, 1.82) is 0 Å². The van der Waals surface area contributed by atoms with Gasteiger partial charge in [0.1, 0.15) is 0 Å². The molecule has 3 rings (SSSR count). The fourth-order valence-corrected chi connectivity index (χ4v) is 3.46. The molecular formula is C16H16N2O3S. The van der Waals surface area contributed by atoms with Gasteiger partial charge in [0.05, 0.1) is 10.5 Å². The number of amidine groups is 1. The van der Waals surface area contributed by atoms with E-state index in [-0.39, 0.29) is 11.5 Å². The molecule has 5 nitrogen and oxygen atoms in total. The summed E-state index contributed by atoms with van der Waals surface area (Å²) >= 11 is 1.40. The van der Waals surface area contributed by atoms with Crippen LogP contribution in [0.5, 0.6) is 0 Å². The quantitative estimate of drug-likeness (QED) is 0.850. The highest BCUT2D eigenvalue weighted by atomic mass is 32.2. The summed E-state index contributed by atoms with van der Waals surface area (Å²) < 4.78 is 0. The number of aromatic carboxylic acids is 1. The summed E-state index contributed by atoms with van der Waals surface area (Å²) in [5.74, 6) is -1.17. The Morgan fingerprint density at radius 3 is 2.50 bits per heavy atom. The van der Waals surface area contributed by atoms with Crippen LogP contribution in [0.1, 0.15) is 35.2 Å². The molecule has 0 aromatic heterocycles. The van der Waals surface area contributed by atoms with E-state index in [9.17, 15) is 9.59 Å². The van der Waals surface area contributed by atoms with Crippen molar-refractivity contribution in [3.8, 4) is 0 Å². The molecule has 1 aromatic carbocycles. The number of piperidine rings is 1. The van der Waals surface area contributed by atoms with Crippen LogP contribution in [0.4, 0.5) is 0 Å². The van der Waals surface area contributed by atoms with Crippen LogP contribution in [0.2, 0.25) is 0 Å². The molecule has 1 fully saturated rings. The van der Waals surface area contributed by atoms with E-state index in [4.69, 9.17) is 5.11 Å². The molecule has 6 heteroatoms. The standard InChI is InChI=1S/C16H16N2O3S/c19-14-13(10-11-4-6-12(7-5-11)15(20)21)22-16(17-14)18-8-2-1-3-9-18/h4-7,10H,1-3,8-9H2,(H,20,21). The molecule has 0 radical (unpaired) electrons. The first-order valence-corrected chi connectivity index (χ1v) is 8.06. The Kier molecular flexibility index (Phi) is 4.29. The number of aliphatic imine (C=N–C) groups is 1. The van der Waals surface area contributed by atoms with E-state index >= 15 is 0 Å². The molecule has 0 unspecified atom stereocenters. The molecule has 2 aliphatic rings. The number of carboxylic acid groups (broad SMARTS) is 1. The third kappa shape index (κ3) is 3.22. The molecule has 0 bridgehead atoms. The lowest BCUT2D eigenvalue weighted by atomic mass is 10.1. The van der Waals surface area contributed by atoms with Gasteiger partial charge >= 0.3 is 5.97 Å². The number of thioether (sulfide) groups is 1. The number of carbonyl (C=O) groups excluding carboxylic acids is 1. The van der Waals surface area contributed by atoms with Gasteiger partial charge in [-0.1, -0.05) is 12.1 Å². The number of benzene rings is 1. The van der Waals surface area contributed by atoms with Crippen molar-refractivity contribution in [2.24, 2.45) is 4.99 Å². The van der Waals surface area contributed by atoms with Gasteiger partial charge in [0.25, 0.3) is 5.91 Å². The van der Waals surface area contributed by atoms with Crippen LogP contribution in [0.3, 0.4) is 0 Å². The summed E-state index contributed by atoms with van der Waals surface area (Å²) in [5, 5.41) is 9.67.